The van der Waals surface area contributed by atoms with Crippen molar-refractivity contribution in [3.05, 3.63) is 47.5 Å². The van der Waals surface area contributed by atoms with Gasteiger partial charge in [0.05, 0.1) is 18.5 Å². The molecule has 1 fully saturated rings. The number of hydrogen-bond acceptors (Lipinski definition) is 7. The van der Waals surface area contributed by atoms with Crippen molar-refractivity contribution >= 4 is 28.7 Å². The Bertz CT molecular complexity index is 1170. The van der Waals surface area contributed by atoms with Gasteiger partial charge in [0, 0.05) is 12.2 Å². The molecule has 3 aromatic rings. The molecule has 0 saturated carbocycles. The standard InChI is InChI=1S/C23H25N5O2S/c1-2-3-4-9-18-26-21(25-16-11-10-14-7-5-6-8-15(14)16)19-22(27-18)28(13-24-19)23-20(30)17(29)12-31-23/h5-8,13,16-17,20,23,29-30H,2-3,10-12H2,1H3,(H,25,26,27)/t16-,17-,20-,23-/m1/s1. The highest BCUT2D eigenvalue weighted by molar-refractivity contribution is 7.99. The van der Waals surface area contributed by atoms with Gasteiger partial charge in [-0.25, -0.2) is 15.0 Å². The summed E-state index contributed by atoms with van der Waals surface area (Å²) in [6.45, 7) is 2.09. The predicted molar refractivity (Wildman–Crippen MR) is 122 cm³/mol. The van der Waals surface area contributed by atoms with E-state index >= 15 is 0 Å². The lowest BCUT2D eigenvalue weighted by Gasteiger charge is -2.18. The third-order valence-electron chi connectivity index (χ3n) is 5.84. The third-order valence-corrected chi connectivity index (χ3v) is 7.22. The van der Waals surface area contributed by atoms with Crippen LogP contribution >= 0.6 is 11.8 Å². The maximum atomic E-state index is 10.4. The molecule has 1 aromatic carbocycles. The van der Waals surface area contributed by atoms with Crippen LogP contribution in [0.5, 0.6) is 0 Å². The summed E-state index contributed by atoms with van der Waals surface area (Å²) in [7, 11) is 0. The van der Waals surface area contributed by atoms with Gasteiger partial charge in [0.25, 0.3) is 0 Å². The average Bonchev–Trinajstić information content (AvgIpc) is 3.47. The Balaban J connectivity index is 1.56. The summed E-state index contributed by atoms with van der Waals surface area (Å²) in [5.74, 6) is 7.77. The van der Waals surface area contributed by atoms with Crippen LogP contribution in [-0.4, -0.2) is 47.7 Å². The van der Waals surface area contributed by atoms with Gasteiger partial charge >= 0.3 is 0 Å². The van der Waals surface area contributed by atoms with Crippen molar-refractivity contribution in [3.63, 3.8) is 0 Å². The Morgan fingerprint density at radius 2 is 2.13 bits per heavy atom. The van der Waals surface area contributed by atoms with Crippen LogP contribution in [0, 0.1) is 11.8 Å². The first-order valence-electron chi connectivity index (χ1n) is 10.7. The number of aliphatic hydroxyl groups is 2. The number of nitrogens with zero attached hydrogens (tertiary/aromatic N) is 4. The van der Waals surface area contributed by atoms with Crippen LogP contribution in [0.25, 0.3) is 11.2 Å². The van der Waals surface area contributed by atoms with Crippen molar-refractivity contribution in [1.29, 1.82) is 0 Å². The number of nitrogens with one attached hydrogen (secondary N) is 1. The third kappa shape index (κ3) is 3.78. The van der Waals surface area contributed by atoms with Gasteiger partial charge in [-0.15, -0.1) is 11.8 Å². The van der Waals surface area contributed by atoms with E-state index < -0.39 is 12.2 Å². The van der Waals surface area contributed by atoms with Crippen LogP contribution in [0.1, 0.15) is 54.6 Å². The molecule has 0 spiro atoms. The van der Waals surface area contributed by atoms with Crippen molar-refractivity contribution in [3.8, 4) is 11.8 Å². The molecule has 1 aliphatic carbocycles. The Morgan fingerprint density at radius 3 is 2.94 bits per heavy atom. The first-order chi connectivity index (χ1) is 15.2. The van der Waals surface area contributed by atoms with Crippen LogP contribution < -0.4 is 5.32 Å². The van der Waals surface area contributed by atoms with Crippen LogP contribution in [0.3, 0.4) is 0 Å². The number of hydrogen-bond donors (Lipinski definition) is 3. The Hall–Kier alpha value is -2.60. The van der Waals surface area contributed by atoms with Gasteiger partial charge in [-0.05, 0) is 36.3 Å². The molecule has 0 unspecified atom stereocenters. The summed E-state index contributed by atoms with van der Waals surface area (Å²) >= 11 is 1.49. The molecular formula is C23H25N5O2S. The Labute approximate surface area is 185 Å². The van der Waals surface area contributed by atoms with Gasteiger partial charge in [-0.3, -0.25) is 4.57 Å². The van der Waals surface area contributed by atoms with E-state index in [4.69, 9.17) is 4.98 Å². The van der Waals surface area contributed by atoms with Gasteiger partial charge in [0.15, 0.2) is 17.0 Å². The normalized spacial score (nSPS) is 24.7. The first kappa shape index (κ1) is 20.3. The zero-order valence-corrected chi connectivity index (χ0v) is 18.1. The molecule has 0 bridgehead atoms. The number of fused-ring (bicyclic) bond motifs is 2. The summed E-state index contributed by atoms with van der Waals surface area (Å²) in [5.41, 5.74) is 3.92. The first-order valence-corrected chi connectivity index (χ1v) is 11.8. The van der Waals surface area contributed by atoms with Crippen molar-refractivity contribution in [2.45, 2.75) is 56.2 Å². The molecule has 0 radical (unpaired) electrons. The van der Waals surface area contributed by atoms with E-state index in [1.165, 1.54) is 22.9 Å². The molecule has 1 saturated heterocycles. The fourth-order valence-electron chi connectivity index (χ4n) is 4.23. The summed E-state index contributed by atoms with van der Waals surface area (Å²) in [5, 5.41) is 23.7. The second kappa shape index (κ2) is 8.50. The molecule has 2 aliphatic rings. The second-order valence-corrected chi connectivity index (χ2v) is 9.14. The number of aliphatic hydroxyl groups excluding tert-OH is 2. The van der Waals surface area contributed by atoms with Crippen molar-refractivity contribution in [2.75, 3.05) is 11.1 Å². The summed E-state index contributed by atoms with van der Waals surface area (Å²) in [6.07, 6.45) is 3.82. The van der Waals surface area contributed by atoms with Gasteiger partial charge in [-0.2, -0.15) is 0 Å². The Kier molecular flexibility index (Phi) is 5.57. The topological polar surface area (TPSA) is 96.1 Å². The van der Waals surface area contributed by atoms with E-state index in [1.54, 1.807) is 6.33 Å². The number of thioether (sulfide) groups is 1. The number of rotatable bonds is 4. The quantitative estimate of drug-likeness (QED) is 0.542. The number of aromatic nitrogens is 4. The molecule has 3 N–H and O–H groups in total. The minimum atomic E-state index is -0.870. The molecule has 31 heavy (non-hydrogen) atoms. The number of imidazole rings is 1. The van der Waals surface area contributed by atoms with E-state index in [0.717, 1.165) is 25.7 Å². The summed E-state index contributed by atoms with van der Waals surface area (Å²) in [4.78, 5) is 13.9. The SMILES string of the molecule is CCCC#Cc1nc(N[C@@H]2CCc3ccccc32)c2ncn([C@@H]3SC[C@@H](O)[C@H]3O)c2n1. The van der Waals surface area contributed by atoms with Crippen LogP contribution in [0.4, 0.5) is 5.82 Å². The van der Waals surface area contributed by atoms with E-state index in [2.05, 4.69) is 58.3 Å². The molecule has 7 nitrogen and oxygen atoms in total. The largest absolute Gasteiger partial charge is 0.389 e. The predicted octanol–water partition coefficient (Wildman–Crippen LogP) is 3.04. The molecule has 4 atom stereocenters. The van der Waals surface area contributed by atoms with Crippen LogP contribution in [0.2, 0.25) is 0 Å². The zero-order chi connectivity index (χ0) is 21.4. The number of anilines is 1. The van der Waals surface area contributed by atoms with E-state index in [-0.39, 0.29) is 11.4 Å². The number of aryl methyl sites for hydroxylation is 1. The lowest BCUT2D eigenvalue weighted by atomic mass is 10.1. The van der Waals surface area contributed by atoms with Gasteiger partial charge < -0.3 is 15.5 Å². The van der Waals surface area contributed by atoms with Gasteiger partial charge in [-0.1, -0.05) is 37.1 Å². The lowest BCUT2D eigenvalue weighted by Crippen LogP contribution is -2.27. The maximum absolute atomic E-state index is 10.4. The van der Waals surface area contributed by atoms with Crippen molar-refractivity contribution in [2.24, 2.45) is 0 Å². The molecule has 1 aliphatic heterocycles. The van der Waals surface area contributed by atoms with E-state index in [9.17, 15) is 10.2 Å². The molecule has 3 heterocycles. The molecule has 5 rings (SSSR count). The fourth-order valence-corrected chi connectivity index (χ4v) is 5.51. The monoisotopic (exact) mass is 435 g/mol. The van der Waals surface area contributed by atoms with E-state index in [0.29, 0.717) is 28.6 Å². The Morgan fingerprint density at radius 1 is 1.26 bits per heavy atom. The molecule has 2 aromatic heterocycles. The molecular weight excluding hydrogens is 410 g/mol. The zero-order valence-electron chi connectivity index (χ0n) is 17.3. The maximum Gasteiger partial charge on any atom is 0.208 e. The average molecular weight is 436 g/mol. The number of unbranched alkanes of at least 4 members (excludes halogenated alkanes) is 1. The highest BCUT2D eigenvalue weighted by atomic mass is 32.2. The second-order valence-electron chi connectivity index (χ2n) is 7.99. The summed E-state index contributed by atoms with van der Waals surface area (Å²) < 4.78 is 1.83. The highest BCUT2D eigenvalue weighted by Crippen LogP contribution is 2.39. The highest BCUT2D eigenvalue weighted by Gasteiger charge is 2.36. The van der Waals surface area contributed by atoms with Crippen LogP contribution in [-0.2, 0) is 6.42 Å². The molecule has 8 heteroatoms. The van der Waals surface area contributed by atoms with Crippen molar-refractivity contribution < 1.29 is 10.2 Å². The van der Waals surface area contributed by atoms with E-state index in [1.807, 2.05) is 4.57 Å². The van der Waals surface area contributed by atoms with Gasteiger partial charge in [0.2, 0.25) is 5.82 Å². The minimum Gasteiger partial charge on any atom is -0.389 e. The lowest BCUT2D eigenvalue weighted by molar-refractivity contribution is 0.0313. The number of benzene rings is 1. The summed E-state index contributed by atoms with van der Waals surface area (Å²) in [6, 6.07) is 8.63. The van der Waals surface area contributed by atoms with Gasteiger partial charge in [0.1, 0.15) is 11.5 Å². The molecule has 160 valence electrons. The van der Waals surface area contributed by atoms with Crippen LogP contribution in [0.15, 0.2) is 30.6 Å². The fraction of sp³-hybridized carbons (Fsp3) is 0.435. The van der Waals surface area contributed by atoms with Crippen molar-refractivity contribution in [1.82, 2.24) is 19.5 Å². The smallest absolute Gasteiger partial charge is 0.208 e. The molecule has 0 amide bonds. The minimum absolute atomic E-state index is 0.157.